The first kappa shape index (κ1) is 10.2. The van der Waals surface area contributed by atoms with Crippen LogP contribution in [0.25, 0.3) is 0 Å². The van der Waals surface area contributed by atoms with Crippen LogP contribution in [0.2, 0.25) is 0 Å². The third-order valence-corrected chi connectivity index (χ3v) is 3.78. The number of fused-ring (bicyclic) bond motifs is 3. The first-order valence-corrected chi connectivity index (χ1v) is 6.21. The van der Waals surface area contributed by atoms with Gasteiger partial charge >= 0.3 is 0 Å². The van der Waals surface area contributed by atoms with Crippen molar-refractivity contribution in [3.8, 4) is 5.75 Å². The molecule has 1 aromatic carbocycles. The Morgan fingerprint density at radius 3 is 2.81 bits per heavy atom. The van der Waals surface area contributed by atoms with Gasteiger partial charge in [-0.2, -0.15) is 0 Å². The van der Waals surface area contributed by atoms with E-state index in [2.05, 4.69) is 6.07 Å². The maximum atomic E-state index is 9.90. The Morgan fingerprint density at radius 1 is 1.12 bits per heavy atom. The van der Waals surface area contributed by atoms with Gasteiger partial charge in [0.15, 0.2) is 0 Å². The van der Waals surface area contributed by atoms with Gasteiger partial charge in [-0.1, -0.05) is 6.07 Å². The molecule has 1 unspecified atom stereocenters. The zero-order valence-electron chi connectivity index (χ0n) is 9.75. The van der Waals surface area contributed by atoms with Crippen LogP contribution < -0.4 is 4.74 Å². The Morgan fingerprint density at radius 2 is 1.94 bits per heavy atom. The summed E-state index contributed by atoms with van der Waals surface area (Å²) in [4.78, 5) is 0. The van der Waals surface area contributed by atoms with E-state index >= 15 is 0 Å². The number of hydrogen-bond donors (Lipinski definition) is 1. The molecule has 0 spiro atoms. The fraction of sp³-hybridized carbons (Fsp3) is 0.571. The van der Waals surface area contributed by atoms with Gasteiger partial charge in [-0.25, -0.2) is 0 Å². The second-order valence-electron chi connectivity index (χ2n) is 5.16. The molecule has 2 aliphatic rings. The summed E-state index contributed by atoms with van der Waals surface area (Å²) in [6.45, 7) is 1.75. The highest BCUT2D eigenvalue weighted by molar-refractivity contribution is 5.47. The van der Waals surface area contributed by atoms with Crippen LogP contribution in [0.15, 0.2) is 12.1 Å². The molecule has 1 heterocycles. The average molecular weight is 218 g/mol. The highest BCUT2D eigenvalue weighted by Crippen LogP contribution is 2.37. The first-order chi connectivity index (χ1) is 7.66. The minimum atomic E-state index is -0.976. The van der Waals surface area contributed by atoms with Crippen LogP contribution in [-0.2, 0) is 19.3 Å². The molecule has 0 amide bonds. The molecule has 1 N–H and O–H groups in total. The van der Waals surface area contributed by atoms with Crippen LogP contribution in [0.1, 0.15) is 42.9 Å². The van der Waals surface area contributed by atoms with Gasteiger partial charge in [0.05, 0.1) is 0 Å². The molecule has 0 saturated carbocycles. The van der Waals surface area contributed by atoms with Crippen LogP contribution in [0, 0.1) is 0 Å². The largest absolute Gasteiger partial charge is 0.463 e. The molecule has 1 aliphatic heterocycles. The molecule has 0 fully saturated rings. The minimum absolute atomic E-state index is 0.705. The third kappa shape index (κ3) is 1.61. The number of aliphatic hydroxyl groups is 1. The van der Waals surface area contributed by atoms with E-state index in [1.165, 1.54) is 42.4 Å². The van der Waals surface area contributed by atoms with Crippen molar-refractivity contribution in [3.63, 3.8) is 0 Å². The van der Waals surface area contributed by atoms with E-state index in [1.807, 2.05) is 6.07 Å². The van der Waals surface area contributed by atoms with Crippen molar-refractivity contribution in [2.24, 2.45) is 0 Å². The van der Waals surface area contributed by atoms with Crippen LogP contribution in [0.3, 0.4) is 0 Å². The normalized spacial score (nSPS) is 27.9. The van der Waals surface area contributed by atoms with Crippen molar-refractivity contribution in [2.75, 3.05) is 0 Å². The van der Waals surface area contributed by atoms with Gasteiger partial charge in [-0.05, 0) is 54.9 Å². The molecule has 0 bridgehead atoms. The summed E-state index contributed by atoms with van der Waals surface area (Å²) >= 11 is 0. The average Bonchev–Trinajstić information content (AvgIpc) is 2.27. The minimum Gasteiger partial charge on any atom is -0.463 e. The summed E-state index contributed by atoms with van der Waals surface area (Å²) in [6, 6.07) is 4.21. The Labute approximate surface area is 96.2 Å². The Balaban J connectivity index is 2.05. The van der Waals surface area contributed by atoms with Crippen molar-refractivity contribution >= 4 is 0 Å². The zero-order chi connectivity index (χ0) is 11.2. The molecule has 1 aliphatic carbocycles. The monoisotopic (exact) mass is 218 g/mol. The smallest absolute Gasteiger partial charge is 0.205 e. The van der Waals surface area contributed by atoms with Gasteiger partial charge in [0.1, 0.15) is 5.75 Å². The predicted octanol–water partition coefficient (Wildman–Crippen LogP) is 2.60. The number of ether oxygens (including phenoxy) is 1. The van der Waals surface area contributed by atoms with E-state index in [4.69, 9.17) is 4.74 Å². The molecule has 1 aromatic rings. The third-order valence-electron chi connectivity index (χ3n) is 3.78. The Kier molecular flexibility index (Phi) is 2.21. The maximum absolute atomic E-state index is 9.90. The first-order valence-electron chi connectivity index (χ1n) is 6.21. The van der Waals surface area contributed by atoms with Gasteiger partial charge < -0.3 is 9.84 Å². The lowest BCUT2D eigenvalue weighted by molar-refractivity contribution is -0.134. The SMILES string of the molecule is CC1(O)CCc2c(ccc3c2CCCC3)O1. The van der Waals surface area contributed by atoms with Gasteiger partial charge in [0.2, 0.25) is 5.79 Å². The lowest BCUT2D eigenvalue weighted by Gasteiger charge is -2.33. The van der Waals surface area contributed by atoms with Crippen molar-refractivity contribution < 1.29 is 9.84 Å². The topological polar surface area (TPSA) is 29.5 Å². The Bertz CT molecular complexity index is 421. The van der Waals surface area contributed by atoms with E-state index < -0.39 is 5.79 Å². The molecule has 86 valence electrons. The van der Waals surface area contributed by atoms with E-state index in [0.29, 0.717) is 6.42 Å². The second-order valence-corrected chi connectivity index (χ2v) is 5.16. The molecule has 2 heteroatoms. The highest BCUT2D eigenvalue weighted by Gasteiger charge is 2.30. The van der Waals surface area contributed by atoms with E-state index in [-0.39, 0.29) is 0 Å². The quantitative estimate of drug-likeness (QED) is 0.725. The molecule has 0 aromatic heterocycles. The molecule has 16 heavy (non-hydrogen) atoms. The fourth-order valence-corrected chi connectivity index (χ4v) is 2.90. The van der Waals surface area contributed by atoms with E-state index in [9.17, 15) is 5.11 Å². The standard InChI is InChI=1S/C14H18O2/c1-14(15)9-8-12-11-5-3-2-4-10(11)6-7-13(12)16-14/h6-7,15H,2-5,8-9H2,1H3. The van der Waals surface area contributed by atoms with Gasteiger partial charge in [0, 0.05) is 13.3 Å². The maximum Gasteiger partial charge on any atom is 0.205 e. The summed E-state index contributed by atoms with van der Waals surface area (Å²) in [5, 5.41) is 9.90. The molecule has 3 rings (SSSR count). The summed E-state index contributed by atoms with van der Waals surface area (Å²) < 4.78 is 5.64. The number of aryl methyl sites for hydroxylation is 1. The summed E-state index contributed by atoms with van der Waals surface area (Å²) in [5.74, 6) is -0.0764. The van der Waals surface area contributed by atoms with Crippen LogP contribution in [0.4, 0.5) is 0 Å². The van der Waals surface area contributed by atoms with Crippen molar-refractivity contribution in [2.45, 2.75) is 51.2 Å². The zero-order valence-corrected chi connectivity index (χ0v) is 9.75. The lowest BCUT2D eigenvalue weighted by atomic mass is 9.85. The van der Waals surface area contributed by atoms with E-state index in [1.54, 1.807) is 6.92 Å². The van der Waals surface area contributed by atoms with Crippen LogP contribution in [0.5, 0.6) is 5.75 Å². The van der Waals surface area contributed by atoms with Gasteiger partial charge in [-0.15, -0.1) is 0 Å². The second kappa shape index (κ2) is 3.49. The summed E-state index contributed by atoms with van der Waals surface area (Å²) in [5.41, 5.74) is 4.35. The number of hydrogen-bond acceptors (Lipinski definition) is 2. The van der Waals surface area contributed by atoms with Crippen molar-refractivity contribution in [3.05, 3.63) is 28.8 Å². The number of benzene rings is 1. The summed E-state index contributed by atoms with van der Waals surface area (Å²) in [7, 11) is 0. The summed E-state index contributed by atoms with van der Waals surface area (Å²) in [6.07, 6.45) is 6.65. The van der Waals surface area contributed by atoms with Crippen LogP contribution in [-0.4, -0.2) is 10.9 Å². The van der Waals surface area contributed by atoms with Gasteiger partial charge in [-0.3, -0.25) is 0 Å². The van der Waals surface area contributed by atoms with Crippen molar-refractivity contribution in [1.82, 2.24) is 0 Å². The molecule has 0 radical (unpaired) electrons. The molecule has 0 saturated heterocycles. The van der Waals surface area contributed by atoms with Crippen LogP contribution >= 0.6 is 0 Å². The predicted molar refractivity (Wildman–Crippen MR) is 62.7 cm³/mol. The molecule has 1 atom stereocenters. The molecular weight excluding hydrogens is 200 g/mol. The van der Waals surface area contributed by atoms with Crippen molar-refractivity contribution in [1.29, 1.82) is 0 Å². The lowest BCUT2D eigenvalue weighted by Crippen LogP contribution is -2.36. The number of rotatable bonds is 0. The Hall–Kier alpha value is -1.02. The van der Waals surface area contributed by atoms with E-state index in [0.717, 1.165) is 12.2 Å². The van der Waals surface area contributed by atoms with Gasteiger partial charge in [0.25, 0.3) is 0 Å². The molecule has 2 nitrogen and oxygen atoms in total. The molecular formula is C14H18O2. The highest BCUT2D eigenvalue weighted by atomic mass is 16.6. The fourth-order valence-electron chi connectivity index (χ4n) is 2.90.